The quantitative estimate of drug-likeness (QED) is 0.325. The van der Waals surface area contributed by atoms with Crippen LogP contribution in [0.3, 0.4) is 0 Å². The summed E-state index contributed by atoms with van der Waals surface area (Å²) in [6.45, 7) is 27.3. The van der Waals surface area contributed by atoms with Crippen LogP contribution in [0.5, 0.6) is 0 Å². The van der Waals surface area contributed by atoms with Gasteiger partial charge in [0.15, 0.2) is 0 Å². The largest absolute Gasteiger partial charge is 0.0654 e. The smallest absolute Gasteiger partial charge is 0.0298 e. The molecule has 0 aromatic rings. The van der Waals surface area contributed by atoms with Gasteiger partial charge >= 0.3 is 0 Å². The van der Waals surface area contributed by atoms with Crippen molar-refractivity contribution in [2.45, 2.75) is 108 Å². The van der Waals surface area contributed by atoms with Crippen molar-refractivity contribution >= 4 is 0 Å². The molecule has 0 aromatic carbocycles. The molecule has 0 heteroatoms. The van der Waals surface area contributed by atoms with Gasteiger partial charge in [-0.2, -0.15) is 0 Å². The van der Waals surface area contributed by atoms with Crippen LogP contribution in [0, 0.1) is 58.7 Å². The van der Waals surface area contributed by atoms with Gasteiger partial charge in [-0.25, -0.2) is 0 Å². The van der Waals surface area contributed by atoms with Gasteiger partial charge in [-0.15, -0.1) is 0 Å². The number of hydrogen-bond acceptors (Lipinski definition) is 0. The maximum Gasteiger partial charge on any atom is -0.0298 e. The van der Waals surface area contributed by atoms with E-state index in [1.807, 2.05) is 0 Å². The molecule has 26 heavy (non-hydrogen) atoms. The lowest BCUT2D eigenvalue weighted by atomic mass is 9.62. The van der Waals surface area contributed by atoms with E-state index in [9.17, 15) is 0 Å². The van der Waals surface area contributed by atoms with E-state index in [0.29, 0.717) is 5.41 Å². The molecule has 0 aliphatic heterocycles. The lowest BCUT2D eigenvalue weighted by Gasteiger charge is -2.43. The first-order chi connectivity index (χ1) is 12.0. The average Bonchev–Trinajstić information content (AvgIpc) is 3.27. The van der Waals surface area contributed by atoms with Crippen molar-refractivity contribution in [2.24, 2.45) is 58.7 Å². The van der Waals surface area contributed by atoms with Crippen molar-refractivity contribution in [1.82, 2.24) is 0 Å². The van der Waals surface area contributed by atoms with Crippen LogP contribution in [0.4, 0.5) is 0 Å². The Morgan fingerprint density at radius 3 is 1.85 bits per heavy atom. The van der Waals surface area contributed by atoms with E-state index >= 15 is 0 Å². The zero-order chi connectivity index (χ0) is 20.2. The molecule has 1 saturated carbocycles. The lowest BCUT2D eigenvalue weighted by Crippen LogP contribution is -2.35. The van der Waals surface area contributed by atoms with Crippen LogP contribution >= 0.6 is 0 Å². The van der Waals surface area contributed by atoms with Crippen LogP contribution in [0.1, 0.15) is 108 Å². The van der Waals surface area contributed by atoms with Crippen LogP contribution in [0.2, 0.25) is 0 Å². The molecule has 0 nitrogen and oxygen atoms in total. The average molecular weight is 365 g/mol. The van der Waals surface area contributed by atoms with Gasteiger partial charge < -0.3 is 0 Å². The molecule has 0 spiro atoms. The summed E-state index contributed by atoms with van der Waals surface area (Å²) in [6, 6.07) is 0. The first kappa shape index (κ1) is 24.0. The second kappa shape index (κ2) is 9.97. The fraction of sp³-hybridized carbons (Fsp3) is 1.00. The van der Waals surface area contributed by atoms with E-state index < -0.39 is 0 Å². The molecule has 0 N–H and O–H groups in total. The lowest BCUT2D eigenvalue weighted by molar-refractivity contribution is 0.0629. The molecule has 7 atom stereocenters. The highest BCUT2D eigenvalue weighted by Gasteiger charge is 2.56. The third kappa shape index (κ3) is 5.51. The van der Waals surface area contributed by atoms with Crippen molar-refractivity contribution in [3.63, 3.8) is 0 Å². The zero-order valence-corrected chi connectivity index (χ0v) is 20.2. The van der Waals surface area contributed by atoms with Crippen LogP contribution in [-0.4, -0.2) is 0 Å². The van der Waals surface area contributed by atoms with Crippen molar-refractivity contribution in [3.8, 4) is 0 Å². The Hall–Kier alpha value is 0. The standard InChI is InChI=1S/C26H52/c1-12-14-15-22(13-2)26(10,11)21(9)20(8)25-23(24(25)18(5)6)16-19(7)17(3)4/h17-25H,12-16H2,1-11H3. The van der Waals surface area contributed by atoms with E-state index in [-0.39, 0.29) is 0 Å². The minimum atomic E-state index is 0.460. The second-order valence-electron chi connectivity index (χ2n) is 11.2. The topological polar surface area (TPSA) is 0 Å². The highest BCUT2D eigenvalue weighted by atomic mass is 14.6. The van der Waals surface area contributed by atoms with E-state index in [4.69, 9.17) is 0 Å². The zero-order valence-electron chi connectivity index (χ0n) is 20.2. The number of hydrogen-bond donors (Lipinski definition) is 0. The Morgan fingerprint density at radius 2 is 1.42 bits per heavy atom. The van der Waals surface area contributed by atoms with Gasteiger partial charge in [-0.05, 0) is 71.5 Å². The molecule has 1 aliphatic carbocycles. The summed E-state index contributed by atoms with van der Waals surface area (Å²) in [7, 11) is 0. The van der Waals surface area contributed by atoms with Crippen molar-refractivity contribution in [1.29, 1.82) is 0 Å². The summed E-state index contributed by atoms with van der Waals surface area (Å²) in [5, 5.41) is 0. The first-order valence-corrected chi connectivity index (χ1v) is 12.0. The van der Waals surface area contributed by atoms with E-state index in [1.54, 1.807) is 0 Å². The Bertz CT molecular complexity index is 391. The van der Waals surface area contributed by atoms with Gasteiger partial charge in [0.1, 0.15) is 0 Å². The molecule has 0 aromatic heterocycles. The molecule has 1 fully saturated rings. The number of unbranched alkanes of at least 4 members (excludes halogenated alkanes) is 1. The van der Waals surface area contributed by atoms with Gasteiger partial charge in [0.2, 0.25) is 0 Å². The summed E-state index contributed by atoms with van der Waals surface area (Å²) in [5.41, 5.74) is 0.460. The van der Waals surface area contributed by atoms with Gasteiger partial charge in [0.25, 0.3) is 0 Å². The maximum atomic E-state index is 2.60. The first-order valence-electron chi connectivity index (χ1n) is 12.0. The van der Waals surface area contributed by atoms with Crippen molar-refractivity contribution < 1.29 is 0 Å². The Balaban J connectivity index is 2.85. The Morgan fingerprint density at radius 1 is 0.846 bits per heavy atom. The molecule has 0 amide bonds. The molecular weight excluding hydrogens is 312 g/mol. The minimum Gasteiger partial charge on any atom is -0.0654 e. The number of rotatable bonds is 12. The van der Waals surface area contributed by atoms with Gasteiger partial charge in [0, 0.05) is 0 Å². The van der Waals surface area contributed by atoms with Crippen LogP contribution in [0.15, 0.2) is 0 Å². The van der Waals surface area contributed by atoms with E-state index in [1.165, 1.54) is 32.1 Å². The predicted octanol–water partition coefficient (Wildman–Crippen LogP) is 8.70. The summed E-state index contributed by atoms with van der Waals surface area (Å²) in [6.07, 6.45) is 6.95. The monoisotopic (exact) mass is 364 g/mol. The fourth-order valence-corrected chi connectivity index (χ4v) is 6.06. The fourth-order valence-electron chi connectivity index (χ4n) is 6.06. The molecule has 0 heterocycles. The van der Waals surface area contributed by atoms with Crippen molar-refractivity contribution in [2.75, 3.05) is 0 Å². The molecule has 0 saturated heterocycles. The van der Waals surface area contributed by atoms with Gasteiger partial charge in [-0.1, -0.05) is 95.4 Å². The summed E-state index contributed by atoms with van der Waals surface area (Å²) in [5.74, 6) is 8.02. The van der Waals surface area contributed by atoms with E-state index in [0.717, 1.165) is 53.3 Å². The molecule has 0 bridgehead atoms. The summed E-state index contributed by atoms with van der Waals surface area (Å²) < 4.78 is 0. The van der Waals surface area contributed by atoms with Crippen LogP contribution < -0.4 is 0 Å². The SMILES string of the molecule is CCCCC(CC)C(C)(C)C(C)C(C)C1C(CC(C)C(C)C)C1C(C)C. The van der Waals surface area contributed by atoms with E-state index in [2.05, 4.69) is 76.2 Å². The summed E-state index contributed by atoms with van der Waals surface area (Å²) in [4.78, 5) is 0. The Labute approximate surface area is 167 Å². The molecule has 156 valence electrons. The third-order valence-electron chi connectivity index (χ3n) is 8.86. The van der Waals surface area contributed by atoms with Crippen LogP contribution in [0.25, 0.3) is 0 Å². The maximum absolute atomic E-state index is 2.60. The highest BCUT2D eigenvalue weighted by Crippen LogP contribution is 2.61. The Kier molecular flexibility index (Phi) is 9.22. The third-order valence-corrected chi connectivity index (χ3v) is 8.86. The van der Waals surface area contributed by atoms with Gasteiger partial charge in [0.05, 0.1) is 0 Å². The van der Waals surface area contributed by atoms with Crippen molar-refractivity contribution in [3.05, 3.63) is 0 Å². The highest BCUT2D eigenvalue weighted by molar-refractivity contribution is 5.03. The minimum absolute atomic E-state index is 0.460. The molecular formula is C26H52. The van der Waals surface area contributed by atoms with Gasteiger partial charge in [-0.3, -0.25) is 0 Å². The molecule has 1 rings (SSSR count). The normalized spacial score (nSPS) is 28.3. The predicted molar refractivity (Wildman–Crippen MR) is 119 cm³/mol. The molecule has 1 aliphatic rings. The summed E-state index contributed by atoms with van der Waals surface area (Å²) >= 11 is 0. The van der Waals surface area contributed by atoms with Crippen LogP contribution in [-0.2, 0) is 0 Å². The molecule has 7 unspecified atom stereocenters. The second-order valence-corrected chi connectivity index (χ2v) is 11.2. The molecule has 0 radical (unpaired) electrons.